The molecule has 2 heterocycles. The summed E-state index contributed by atoms with van der Waals surface area (Å²) in [6, 6.07) is 3.58. The van der Waals surface area contributed by atoms with Crippen LogP contribution in [-0.4, -0.2) is 21.8 Å². The number of aryl methyl sites for hydroxylation is 2. The number of thiazole rings is 1. The molecule has 7 heteroatoms. The largest absolute Gasteiger partial charge is 0.344 e. The Labute approximate surface area is 120 Å². The third kappa shape index (κ3) is 3.61. The van der Waals surface area contributed by atoms with Gasteiger partial charge in [-0.1, -0.05) is 6.07 Å². The van der Waals surface area contributed by atoms with Crippen LogP contribution in [0.1, 0.15) is 16.1 Å². The highest BCUT2D eigenvalue weighted by Crippen LogP contribution is 2.20. The Kier molecular flexibility index (Phi) is 4.41. The van der Waals surface area contributed by atoms with E-state index < -0.39 is 11.8 Å². The number of nitrogens with one attached hydrogen (secondary N) is 2. The SMILES string of the molecule is Cc1nc(NC(=O)C(=O)NCc2cccnc2)sc1C. The van der Waals surface area contributed by atoms with E-state index in [-0.39, 0.29) is 6.54 Å². The molecule has 2 aromatic rings. The van der Waals surface area contributed by atoms with E-state index in [0.29, 0.717) is 5.13 Å². The summed E-state index contributed by atoms with van der Waals surface area (Å²) < 4.78 is 0. The summed E-state index contributed by atoms with van der Waals surface area (Å²) in [6.45, 7) is 4.02. The third-order valence-electron chi connectivity index (χ3n) is 2.63. The molecule has 0 bridgehead atoms. The lowest BCUT2D eigenvalue weighted by Crippen LogP contribution is -2.34. The zero-order valence-electron chi connectivity index (χ0n) is 11.1. The molecule has 0 aromatic carbocycles. The average Bonchev–Trinajstić information content (AvgIpc) is 2.75. The molecule has 0 aliphatic carbocycles. The van der Waals surface area contributed by atoms with Crippen molar-refractivity contribution < 1.29 is 9.59 Å². The fraction of sp³-hybridized carbons (Fsp3) is 0.231. The number of amides is 2. The average molecular weight is 290 g/mol. The van der Waals surface area contributed by atoms with Gasteiger partial charge in [0.2, 0.25) is 0 Å². The molecular formula is C13H14N4O2S. The van der Waals surface area contributed by atoms with Gasteiger partial charge < -0.3 is 5.32 Å². The van der Waals surface area contributed by atoms with Crippen LogP contribution < -0.4 is 10.6 Å². The van der Waals surface area contributed by atoms with Crippen molar-refractivity contribution in [2.75, 3.05) is 5.32 Å². The van der Waals surface area contributed by atoms with E-state index in [1.807, 2.05) is 19.9 Å². The summed E-state index contributed by atoms with van der Waals surface area (Å²) in [5.41, 5.74) is 1.68. The summed E-state index contributed by atoms with van der Waals surface area (Å²) in [4.78, 5) is 32.4. The van der Waals surface area contributed by atoms with Gasteiger partial charge >= 0.3 is 11.8 Å². The molecule has 0 spiro atoms. The van der Waals surface area contributed by atoms with Gasteiger partial charge in [0.05, 0.1) is 5.69 Å². The summed E-state index contributed by atoms with van der Waals surface area (Å²) >= 11 is 1.34. The first-order valence-electron chi connectivity index (χ1n) is 5.98. The van der Waals surface area contributed by atoms with Crippen LogP contribution >= 0.6 is 11.3 Å². The zero-order chi connectivity index (χ0) is 14.5. The van der Waals surface area contributed by atoms with Crippen LogP contribution in [0.15, 0.2) is 24.5 Å². The molecule has 0 aliphatic heterocycles. The van der Waals surface area contributed by atoms with Gasteiger partial charge in [0.15, 0.2) is 5.13 Å². The van der Waals surface area contributed by atoms with Crippen molar-refractivity contribution in [3.05, 3.63) is 40.7 Å². The van der Waals surface area contributed by atoms with Gasteiger partial charge in [-0.25, -0.2) is 4.98 Å². The van der Waals surface area contributed by atoms with Gasteiger partial charge in [0, 0.05) is 23.8 Å². The number of hydrogen-bond donors (Lipinski definition) is 2. The Morgan fingerprint density at radius 2 is 2.10 bits per heavy atom. The van der Waals surface area contributed by atoms with Crippen LogP contribution in [-0.2, 0) is 16.1 Å². The van der Waals surface area contributed by atoms with Crippen molar-refractivity contribution in [2.24, 2.45) is 0 Å². The van der Waals surface area contributed by atoms with Crippen molar-refractivity contribution in [1.82, 2.24) is 15.3 Å². The van der Waals surface area contributed by atoms with Crippen molar-refractivity contribution in [1.29, 1.82) is 0 Å². The minimum absolute atomic E-state index is 0.260. The molecule has 20 heavy (non-hydrogen) atoms. The van der Waals surface area contributed by atoms with Crippen molar-refractivity contribution >= 4 is 28.3 Å². The fourth-order valence-corrected chi connectivity index (χ4v) is 2.26. The molecule has 2 N–H and O–H groups in total. The number of carbonyl (C=O) groups is 2. The molecule has 0 unspecified atom stereocenters. The van der Waals surface area contributed by atoms with Crippen LogP contribution in [0.3, 0.4) is 0 Å². The first-order valence-corrected chi connectivity index (χ1v) is 6.80. The number of anilines is 1. The monoisotopic (exact) mass is 290 g/mol. The zero-order valence-corrected chi connectivity index (χ0v) is 12.0. The number of rotatable bonds is 3. The summed E-state index contributed by atoms with van der Waals surface area (Å²) in [5.74, 6) is -1.41. The Balaban J connectivity index is 1.87. The van der Waals surface area contributed by atoms with E-state index in [1.54, 1.807) is 18.5 Å². The first-order chi connectivity index (χ1) is 9.56. The molecule has 0 fully saturated rings. The highest BCUT2D eigenvalue weighted by molar-refractivity contribution is 7.15. The van der Waals surface area contributed by atoms with Crippen LogP contribution in [0.2, 0.25) is 0 Å². The maximum Gasteiger partial charge on any atom is 0.315 e. The van der Waals surface area contributed by atoms with E-state index in [4.69, 9.17) is 0 Å². The quantitative estimate of drug-likeness (QED) is 0.837. The Bertz CT molecular complexity index is 605. The van der Waals surface area contributed by atoms with Crippen molar-refractivity contribution in [3.8, 4) is 0 Å². The molecule has 0 aliphatic rings. The molecule has 0 saturated heterocycles. The lowest BCUT2D eigenvalue weighted by Gasteiger charge is -2.04. The Morgan fingerprint density at radius 3 is 2.70 bits per heavy atom. The third-order valence-corrected chi connectivity index (χ3v) is 3.62. The molecule has 2 rings (SSSR count). The molecule has 104 valence electrons. The molecule has 2 amide bonds. The normalized spacial score (nSPS) is 10.1. The summed E-state index contributed by atoms with van der Waals surface area (Å²) in [6.07, 6.45) is 3.27. The van der Waals surface area contributed by atoms with Gasteiger partial charge in [-0.2, -0.15) is 0 Å². The Morgan fingerprint density at radius 1 is 1.30 bits per heavy atom. The smallest absolute Gasteiger partial charge is 0.315 e. The second-order valence-corrected chi connectivity index (χ2v) is 5.36. The molecular weight excluding hydrogens is 276 g/mol. The number of hydrogen-bond acceptors (Lipinski definition) is 5. The van der Waals surface area contributed by atoms with E-state index in [1.165, 1.54) is 11.3 Å². The van der Waals surface area contributed by atoms with Gasteiger partial charge in [0.1, 0.15) is 0 Å². The van der Waals surface area contributed by atoms with Crippen molar-refractivity contribution in [3.63, 3.8) is 0 Å². The van der Waals surface area contributed by atoms with Crippen LogP contribution in [0.5, 0.6) is 0 Å². The predicted octanol–water partition coefficient (Wildman–Crippen LogP) is 1.41. The highest BCUT2D eigenvalue weighted by atomic mass is 32.1. The summed E-state index contributed by atoms with van der Waals surface area (Å²) in [7, 11) is 0. The maximum absolute atomic E-state index is 11.7. The van der Waals surface area contributed by atoms with Gasteiger partial charge in [-0.3, -0.25) is 19.9 Å². The predicted molar refractivity (Wildman–Crippen MR) is 76.3 cm³/mol. The maximum atomic E-state index is 11.7. The van der Waals surface area contributed by atoms with Crippen LogP contribution in [0, 0.1) is 13.8 Å². The van der Waals surface area contributed by atoms with E-state index in [9.17, 15) is 9.59 Å². The second kappa shape index (κ2) is 6.25. The van der Waals surface area contributed by atoms with Crippen molar-refractivity contribution in [2.45, 2.75) is 20.4 Å². The number of carbonyl (C=O) groups excluding carboxylic acids is 2. The number of pyridine rings is 1. The van der Waals surface area contributed by atoms with Crippen LogP contribution in [0.4, 0.5) is 5.13 Å². The molecule has 0 radical (unpaired) electrons. The fourth-order valence-electron chi connectivity index (χ4n) is 1.45. The standard InChI is InChI=1S/C13H14N4O2S/c1-8-9(2)20-13(16-8)17-12(19)11(18)15-7-10-4-3-5-14-6-10/h3-6H,7H2,1-2H3,(H,15,18)(H,16,17,19). The van der Waals surface area contributed by atoms with Crippen LogP contribution in [0.25, 0.3) is 0 Å². The van der Waals surface area contributed by atoms with E-state index >= 15 is 0 Å². The number of nitrogens with zero attached hydrogens (tertiary/aromatic N) is 2. The molecule has 0 atom stereocenters. The minimum Gasteiger partial charge on any atom is -0.344 e. The van der Waals surface area contributed by atoms with Gasteiger partial charge in [0.25, 0.3) is 0 Å². The number of aromatic nitrogens is 2. The highest BCUT2D eigenvalue weighted by Gasteiger charge is 2.15. The lowest BCUT2D eigenvalue weighted by molar-refractivity contribution is -0.136. The van der Waals surface area contributed by atoms with E-state index in [2.05, 4.69) is 20.6 Å². The van der Waals surface area contributed by atoms with E-state index in [0.717, 1.165) is 16.1 Å². The van der Waals surface area contributed by atoms with Gasteiger partial charge in [-0.15, -0.1) is 11.3 Å². The lowest BCUT2D eigenvalue weighted by atomic mass is 10.3. The summed E-state index contributed by atoms with van der Waals surface area (Å²) in [5, 5.41) is 5.44. The molecule has 6 nitrogen and oxygen atoms in total. The molecule has 2 aromatic heterocycles. The first kappa shape index (κ1) is 14.1. The second-order valence-electron chi connectivity index (χ2n) is 4.16. The van der Waals surface area contributed by atoms with Gasteiger partial charge in [-0.05, 0) is 25.5 Å². The minimum atomic E-state index is -0.720. The Hall–Kier alpha value is -2.28. The topological polar surface area (TPSA) is 84.0 Å². The molecule has 0 saturated carbocycles.